The van der Waals surface area contributed by atoms with E-state index < -0.39 is 25.6 Å². The fourth-order valence-electron chi connectivity index (χ4n) is 1.01. The molecule has 2 N–H and O–H groups in total. The maximum Gasteiger partial charge on any atom is 0.118 e. The average Bonchev–Trinajstić information content (AvgIpc) is 2.31. The van der Waals surface area contributed by atoms with Crippen LogP contribution < -0.4 is 0 Å². The van der Waals surface area contributed by atoms with Crippen molar-refractivity contribution in [1.82, 2.24) is 0 Å². The molecule has 0 aliphatic rings. The molecule has 0 aromatic carbocycles. The van der Waals surface area contributed by atoms with Gasteiger partial charge in [-0.2, -0.15) is 0 Å². The summed E-state index contributed by atoms with van der Waals surface area (Å²) in [5, 5.41) is 17.2. The van der Waals surface area contributed by atoms with Gasteiger partial charge in [0.15, 0.2) is 0 Å². The van der Waals surface area contributed by atoms with E-state index in [1.54, 1.807) is 0 Å². The van der Waals surface area contributed by atoms with Crippen LogP contribution in [0, 0.1) is 0 Å². The second-order valence-electron chi connectivity index (χ2n) is 6.42. The molecule has 2 atom stereocenters. The molecule has 0 aromatic heterocycles. The van der Waals surface area contributed by atoms with E-state index in [1.165, 1.54) is 0 Å². The molecule has 0 unspecified atom stereocenters. The van der Waals surface area contributed by atoms with E-state index >= 15 is 0 Å². The highest BCUT2D eigenvalue weighted by Crippen LogP contribution is 2.10. The molecule has 0 spiro atoms. The summed E-state index contributed by atoms with van der Waals surface area (Å²) >= 11 is 0. The van der Waals surface area contributed by atoms with Gasteiger partial charge in [0.05, 0.1) is 24.4 Å². The van der Waals surface area contributed by atoms with Crippen LogP contribution in [0.1, 0.15) is 41.5 Å². The van der Waals surface area contributed by atoms with Gasteiger partial charge in [0, 0.05) is 0 Å². The Morgan fingerprint density at radius 3 is 1.65 bits per heavy atom. The summed E-state index contributed by atoms with van der Waals surface area (Å²) in [6.45, 7) is 9.49. The van der Waals surface area contributed by atoms with Gasteiger partial charge in [-0.05, 0) is 41.5 Å². The van der Waals surface area contributed by atoms with Gasteiger partial charge in [0.1, 0.15) is 25.6 Å². The van der Waals surface area contributed by atoms with Crippen molar-refractivity contribution < 1.29 is 28.5 Å². The van der Waals surface area contributed by atoms with Crippen LogP contribution in [-0.4, -0.2) is 60.2 Å². The van der Waals surface area contributed by atoms with Gasteiger partial charge in [-0.25, -0.2) is 8.78 Å². The zero-order valence-corrected chi connectivity index (χ0v) is 13.4. The molecule has 124 valence electrons. The van der Waals surface area contributed by atoms with Crippen molar-refractivity contribution in [1.29, 1.82) is 0 Å². The van der Waals surface area contributed by atoms with Crippen molar-refractivity contribution in [2.45, 2.75) is 65.0 Å². The minimum absolute atomic E-state index is 0.0694. The number of rotatable bonds is 6. The lowest BCUT2D eigenvalue weighted by atomic mass is 10.2. The Morgan fingerprint density at radius 1 is 0.950 bits per heavy atom. The van der Waals surface area contributed by atoms with Gasteiger partial charge in [0.25, 0.3) is 0 Å². The normalized spacial score (nSPS) is 15.3. The summed E-state index contributed by atoms with van der Waals surface area (Å²) in [6.07, 6.45) is -1.64. The van der Waals surface area contributed by atoms with Crippen LogP contribution in [-0.2, 0) is 9.47 Å². The van der Waals surface area contributed by atoms with Gasteiger partial charge in [0.2, 0.25) is 0 Å². The Kier molecular flexibility index (Phi) is 11.5. The largest absolute Gasteiger partial charge is 0.394 e. The molecule has 4 nitrogen and oxygen atoms in total. The van der Waals surface area contributed by atoms with Crippen molar-refractivity contribution in [2.24, 2.45) is 0 Å². The summed E-state index contributed by atoms with van der Waals surface area (Å²) in [6, 6.07) is 0. The third-order valence-electron chi connectivity index (χ3n) is 1.78. The molecular weight excluding hydrogens is 270 g/mol. The van der Waals surface area contributed by atoms with E-state index in [0.717, 1.165) is 0 Å². The summed E-state index contributed by atoms with van der Waals surface area (Å²) in [5.74, 6) is 0. The minimum atomic E-state index is -0.973. The van der Waals surface area contributed by atoms with Crippen molar-refractivity contribution in [3.8, 4) is 0 Å². The lowest BCUT2D eigenvalue weighted by Gasteiger charge is -2.24. The molecule has 0 radical (unpaired) electrons. The third-order valence-corrected chi connectivity index (χ3v) is 1.78. The number of aliphatic hydroxyl groups excluding tert-OH is 2. The second kappa shape index (κ2) is 10.4. The van der Waals surface area contributed by atoms with E-state index in [4.69, 9.17) is 19.7 Å². The number of hydrogen-bond acceptors (Lipinski definition) is 4. The third kappa shape index (κ3) is 17.7. The summed E-state index contributed by atoms with van der Waals surface area (Å²) in [4.78, 5) is 0. The Balaban J connectivity index is 0. The fourth-order valence-corrected chi connectivity index (χ4v) is 1.01. The van der Waals surface area contributed by atoms with Gasteiger partial charge in [-0.15, -0.1) is 0 Å². The van der Waals surface area contributed by atoms with E-state index in [-0.39, 0.29) is 24.4 Å². The second-order valence-corrected chi connectivity index (χ2v) is 6.42. The molecule has 0 aliphatic carbocycles. The first-order valence-electron chi connectivity index (χ1n) is 6.67. The van der Waals surface area contributed by atoms with E-state index in [1.807, 2.05) is 41.5 Å². The maximum absolute atomic E-state index is 11.9. The Bertz CT molecular complexity index is 220. The zero-order chi connectivity index (χ0) is 16.4. The van der Waals surface area contributed by atoms with Crippen LogP contribution in [0.5, 0.6) is 0 Å². The first kappa shape index (κ1) is 22.0. The van der Waals surface area contributed by atoms with Crippen LogP contribution in [0.15, 0.2) is 0 Å². The van der Waals surface area contributed by atoms with E-state index in [2.05, 4.69) is 0 Å². The van der Waals surface area contributed by atoms with Crippen LogP contribution in [0.2, 0.25) is 0 Å². The maximum atomic E-state index is 11.9. The highest BCUT2D eigenvalue weighted by atomic mass is 19.1. The minimum Gasteiger partial charge on any atom is -0.394 e. The van der Waals surface area contributed by atoms with Crippen molar-refractivity contribution >= 4 is 0 Å². The van der Waals surface area contributed by atoms with Gasteiger partial charge < -0.3 is 19.7 Å². The van der Waals surface area contributed by atoms with Crippen molar-refractivity contribution in [3.05, 3.63) is 0 Å². The molecular formula is C14H30F2O4. The fraction of sp³-hybridized carbons (Fsp3) is 1.00. The molecule has 6 heteroatoms. The number of hydrogen-bond donors (Lipinski definition) is 2. The van der Waals surface area contributed by atoms with E-state index in [9.17, 15) is 8.78 Å². The zero-order valence-electron chi connectivity index (χ0n) is 13.4. The van der Waals surface area contributed by atoms with Crippen LogP contribution >= 0.6 is 0 Å². The molecule has 0 aliphatic heterocycles. The quantitative estimate of drug-likeness (QED) is 0.790. The molecule has 0 fully saturated rings. The summed E-state index contributed by atoms with van der Waals surface area (Å²) in [5.41, 5.74) is -0.671. The van der Waals surface area contributed by atoms with Gasteiger partial charge >= 0.3 is 0 Å². The Morgan fingerprint density at radius 2 is 1.45 bits per heavy atom. The number of alkyl halides is 2. The van der Waals surface area contributed by atoms with E-state index in [0.29, 0.717) is 0 Å². The topological polar surface area (TPSA) is 58.9 Å². The van der Waals surface area contributed by atoms with Crippen molar-refractivity contribution in [2.75, 3.05) is 26.6 Å². The van der Waals surface area contributed by atoms with Crippen molar-refractivity contribution in [3.63, 3.8) is 0 Å². The Labute approximate surface area is 121 Å². The van der Waals surface area contributed by atoms with Crippen LogP contribution in [0.25, 0.3) is 0 Å². The molecule has 0 bridgehead atoms. The first-order valence-corrected chi connectivity index (χ1v) is 6.67. The number of ether oxygens (including phenoxy) is 2. The average molecular weight is 300 g/mol. The SMILES string of the molecule is CC(C)(C)OC[C@H](O)CF.CC(C)(C)O[C@H](CO)CF. The smallest absolute Gasteiger partial charge is 0.118 e. The molecule has 0 amide bonds. The van der Waals surface area contributed by atoms with Gasteiger partial charge in [-0.3, -0.25) is 0 Å². The standard InChI is InChI=1S/2C7H15FO2/c1-7(2,3)10-5-6(9)4-8;1-7(2,3)10-6(4-8)5-9/h2*6,9H,4-5H2,1-3H3/t2*6-/m10/s1. The van der Waals surface area contributed by atoms with Crippen LogP contribution in [0.3, 0.4) is 0 Å². The summed E-state index contributed by atoms with van der Waals surface area (Å²) < 4.78 is 33.7. The molecule has 0 heterocycles. The lowest BCUT2D eigenvalue weighted by Crippen LogP contribution is -2.31. The monoisotopic (exact) mass is 300 g/mol. The van der Waals surface area contributed by atoms with Crippen LogP contribution in [0.4, 0.5) is 8.78 Å². The predicted octanol–water partition coefficient (Wildman–Crippen LogP) is 2.26. The summed E-state index contributed by atoms with van der Waals surface area (Å²) in [7, 11) is 0. The molecule has 20 heavy (non-hydrogen) atoms. The molecule has 0 rings (SSSR count). The highest BCUT2D eigenvalue weighted by Gasteiger charge is 2.17. The Hall–Kier alpha value is -0.300. The van der Waals surface area contributed by atoms with Gasteiger partial charge in [-0.1, -0.05) is 0 Å². The number of halogens is 2. The number of aliphatic hydroxyl groups is 2. The molecule has 0 aromatic rings. The molecule has 0 saturated carbocycles. The predicted molar refractivity (Wildman–Crippen MR) is 75.4 cm³/mol. The first-order chi connectivity index (χ1) is 8.95. The lowest BCUT2D eigenvalue weighted by molar-refractivity contribution is -0.0876. The highest BCUT2D eigenvalue weighted by molar-refractivity contribution is 4.64. The molecule has 0 saturated heterocycles.